The van der Waals surface area contributed by atoms with E-state index in [2.05, 4.69) is 26.1 Å². The van der Waals surface area contributed by atoms with E-state index in [0.717, 1.165) is 32.1 Å². The number of rotatable bonds is 9. The van der Waals surface area contributed by atoms with Crippen molar-refractivity contribution in [3.63, 3.8) is 0 Å². The van der Waals surface area contributed by atoms with Crippen LogP contribution in [-0.4, -0.2) is 35.9 Å². The predicted octanol–water partition coefficient (Wildman–Crippen LogP) is 3.06. The van der Waals surface area contributed by atoms with Gasteiger partial charge in [-0.3, -0.25) is 4.79 Å². The topological polar surface area (TPSA) is 58.6 Å². The van der Waals surface area contributed by atoms with Crippen LogP contribution in [0.15, 0.2) is 0 Å². The Morgan fingerprint density at radius 1 is 1.45 bits per heavy atom. The SMILES string of the molecule is CCNC1(C(=O)O)CCCC1CCOC(C)CC(C)C. The second-order valence-electron chi connectivity index (χ2n) is 6.50. The summed E-state index contributed by atoms with van der Waals surface area (Å²) in [5.74, 6) is 0.125. The van der Waals surface area contributed by atoms with E-state index < -0.39 is 11.5 Å². The molecule has 0 amide bonds. The smallest absolute Gasteiger partial charge is 0.324 e. The Morgan fingerprint density at radius 2 is 2.15 bits per heavy atom. The lowest BCUT2D eigenvalue weighted by Crippen LogP contribution is -2.55. The van der Waals surface area contributed by atoms with Crippen LogP contribution in [0.3, 0.4) is 0 Å². The minimum absolute atomic E-state index is 0.186. The van der Waals surface area contributed by atoms with Gasteiger partial charge in [-0.05, 0) is 51.0 Å². The summed E-state index contributed by atoms with van der Waals surface area (Å²) < 4.78 is 5.85. The molecule has 2 N–H and O–H groups in total. The van der Waals surface area contributed by atoms with Crippen molar-refractivity contribution in [2.45, 2.75) is 71.4 Å². The Balaban J connectivity index is 2.47. The Kier molecular flexibility index (Phi) is 6.96. The molecule has 1 rings (SSSR count). The van der Waals surface area contributed by atoms with Crippen molar-refractivity contribution < 1.29 is 14.6 Å². The highest BCUT2D eigenvalue weighted by Gasteiger charge is 2.48. The zero-order chi connectivity index (χ0) is 15.2. The highest BCUT2D eigenvalue weighted by molar-refractivity contribution is 5.79. The summed E-state index contributed by atoms with van der Waals surface area (Å²) in [4.78, 5) is 11.7. The third-order valence-corrected chi connectivity index (χ3v) is 4.37. The molecule has 4 heteroatoms. The van der Waals surface area contributed by atoms with Crippen molar-refractivity contribution in [1.82, 2.24) is 5.32 Å². The lowest BCUT2D eigenvalue weighted by atomic mass is 9.84. The van der Waals surface area contributed by atoms with Gasteiger partial charge in [0.25, 0.3) is 0 Å². The first-order valence-corrected chi connectivity index (χ1v) is 8.02. The summed E-state index contributed by atoms with van der Waals surface area (Å²) in [5.41, 5.74) is -0.723. The number of carboxylic acid groups (broad SMARTS) is 1. The Morgan fingerprint density at radius 3 is 2.70 bits per heavy atom. The van der Waals surface area contributed by atoms with E-state index in [1.165, 1.54) is 0 Å². The third-order valence-electron chi connectivity index (χ3n) is 4.37. The van der Waals surface area contributed by atoms with E-state index in [1.54, 1.807) is 0 Å². The molecule has 1 fully saturated rings. The molecule has 118 valence electrons. The summed E-state index contributed by atoms with van der Waals surface area (Å²) >= 11 is 0. The van der Waals surface area contributed by atoms with Crippen LogP contribution in [0.2, 0.25) is 0 Å². The van der Waals surface area contributed by atoms with Crippen molar-refractivity contribution in [2.24, 2.45) is 11.8 Å². The molecule has 0 aromatic heterocycles. The van der Waals surface area contributed by atoms with Gasteiger partial charge in [-0.15, -0.1) is 0 Å². The molecule has 0 aromatic carbocycles. The maximum absolute atomic E-state index is 11.7. The quantitative estimate of drug-likeness (QED) is 0.683. The summed E-state index contributed by atoms with van der Waals surface area (Å²) in [7, 11) is 0. The molecule has 1 aliphatic carbocycles. The lowest BCUT2D eigenvalue weighted by molar-refractivity contribution is -0.147. The Bertz CT molecular complexity index is 306. The number of nitrogens with one attached hydrogen (secondary N) is 1. The van der Waals surface area contributed by atoms with Gasteiger partial charge in [0.15, 0.2) is 0 Å². The first-order valence-electron chi connectivity index (χ1n) is 8.02. The molecule has 0 saturated heterocycles. The van der Waals surface area contributed by atoms with Crippen molar-refractivity contribution >= 4 is 5.97 Å². The third kappa shape index (κ3) is 4.45. The van der Waals surface area contributed by atoms with Gasteiger partial charge in [0.2, 0.25) is 0 Å². The first kappa shape index (κ1) is 17.4. The van der Waals surface area contributed by atoms with Crippen molar-refractivity contribution in [3.05, 3.63) is 0 Å². The van der Waals surface area contributed by atoms with Crippen LogP contribution in [0.5, 0.6) is 0 Å². The highest BCUT2D eigenvalue weighted by atomic mass is 16.5. The van der Waals surface area contributed by atoms with E-state index in [4.69, 9.17) is 4.74 Å². The van der Waals surface area contributed by atoms with Crippen LogP contribution >= 0.6 is 0 Å². The molecule has 4 nitrogen and oxygen atoms in total. The van der Waals surface area contributed by atoms with Gasteiger partial charge in [0.1, 0.15) is 5.54 Å². The van der Waals surface area contributed by atoms with Crippen LogP contribution in [0.25, 0.3) is 0 Å². The monoisotopic (exact) mass is 285 g/mol. The molecule has 1 aliphatic rings. The number of aliphatic carboxylic acids is 1. The van der Waals surface area contributed by atoms with Crippen LogP contribution < -0.4 is 5.32 Å². The molecule has 0 spiro atoms. The van der Waals surface area contributed by atoms with Gasteiger partial charge in [0.05, 0.1) is 6.10 Å². The highest BCUT2D eigenvalue weighted by Crippen LogP contribution is 2.38. The number of hydrogen-bond acceptors (Lipinski definition) is 3. The van der Waals surface area contributed by atoms with Crippen LogP contribution in [-0.2, 0) is 9.53 Å². The number of ether oxygens (including phenoxy) is 1. The average Bonchev–Trinajstić information content (AvgIpc) is 2.73. The molecule has 20 heavy (non-hydrogen) atoms. The molecule has 0 bridgehead atoms. The minimum atomic E-state index is -0.723. The fourth-order valence-corrected chi connectivity index (χ4v) is 3.52. The van der Waals surface area contributed by atoms with Crippen molar-refractivity contribution in [2.75, 3.05) is 13.2 Å². The normalized spacial score (nSPS) is 27.9. The van der Waals surface area contributed by atoms with E-state index in [9.17, 15) is 9.90 Å². The molecule has 0 heterocycles. The fraction of sp³-hybridized carbons (Fsp3) is 0.938. The van der Waals surface area contributed by atoms with Crippen LogP contribution in [0, 0.1) is 11.8 Å². The van der Waals surface area contributed by atoms with Crippen LogP contribution in [0.4, 0.5) is 0 Å². The minimum Gasteiger partial charge on any atom is -0.480 e. The zero-order valence-electron chi connectivity index (χ0n) is 13.4. The fourth-order valence-electron chi connectivity index (χ4n) is 3.52. The summed E-state index contributed by atoms with van der Waals surface area (Å²) in [6.45, 7) is 9.83. The number of carboxylic acids is 1. The molecule has 1 saturated carbocycles. The summed E-state index contributed by atoms with van der Waals surface area (Å²) in [5, 5.41) is 12.8. The largest absolute Gasteiger partial charge is 0.480 e. The summed E-state index contributed by atoms with van der Waals surface area (Å²) in [6.07, 6.45) is 4.87. The second-order valence-corrected chi connectivity index (χ2v) is 6.50. The first-order chi connectivity index (χ1) is 9.42. The summed E-state index contributed by atoms with van der Waals surface area (Å²) in [6, 6.07) is 0. The van der Waals surface area contributed by atoms with Gasteiger partial charge in [0, 0.05) is 6.61 Å². The molecule has 0 aliphatic heterocycles. The van der Waals surface area contributed by atoms with Gasteiger partial charge >= 0.3 is 5.97 Å². The Hall–Kier alpha value is -0.610. The van der Waals surface area contributed by atoms with Crippen molar-refractivity contribution in [3.8, 4) is 0 Å². The lowest BCUT2D eigenvalue weighted by Gasteiger charge is -2.32. The number of carbonyl (C=O) groups is 1. The van der Waals surface area contributed by atoms with Gasteiger partial charge in [-0.25, -0.2) is 0 Å². The van der Waals surface area contributed by atoms with Gasteiger partial charge < -0.3 is 15.2 Å². The van der Waals surface area contributed by atoms with E-state index in [-0.39, 0.29) is 12.0 Å². The van der Waals surface area contributed by atoms with Crippen molar-refractivity contribution in [1.29, 1.82) is 0 Å². The van der Waals surface area contributed by atoms with E-state index in [1.807, 2.05) is 6.92 Å². The zero-order valence-corrected chi connectivity index (χ0v) is 13.4. The van der Waals surface area contributed by atoms with E-state index >= 15 is 0 Å². The number of hydrogen-bond donors (Lipinski definition) is 2. The Labute approximate surface area is 123 Å². The van der Waals surface area contributed by atoms with Gasteiger partial charge in [-0.2, -0.15) is 0 Å². The molecule has 0 radical (unpaired) electrons. The number of likely N-dealkylation sites (N-methyl/N-ethyl adjacent to an activating group) is 1. The van der Waals surface area contributed by atoms with Gasteiger partial charge in [-0.1, -0.05) is 27.2 Å². The standard InChI is InChI=1S/C16H31NO3/c1-5-17-16(15(18)19)9-6-7-14(16)8-10-20-13(4)11-12(2)3/h12-14,17H,5-11H2,1-4H3,(H,18,19). The average molecular weight is 285 g/mol. The molecule has 3 atom stereocenters. The molecular formula is C16H31NO3. The maximum atomic E-state index is 11.7. The predicted molar refractivity (Wildman–Crippen MR) is 80.9 cm³/mol. The maximum Gasteiger partial charge on any atom is 0.324 e. The molecule has 0 aromatic rings. The van der Waals surface area contributed by atoms with E-state index in [0.29, 0.717) is 19.1 Å². The second kappa shape index (κ2) is 7.99. The van der Waals surface area contributed by atoms with Crippen LogP contribution in [0.1, 0.15) is 59.8 Å². The molecular weight excluding hydrogens is 254 g/mol. The molecule has 3 unspecified atom stereocenters.